The van der Waals surface area contributed by atoms with Crippen LogP contribution in [-0.4, -0.2) is 31.4 Å². The number of nitrogens with two attached hydrogens (primary N) is 1. The van der Waals surface area contributed by atoms with Crippen LogP contribution in [0.5, 0.6) is 0 Å². The Hall–Kier alpha value is -1.69. The molecule has 5 heteroatoms. The smallest absolute Gasteiger partial charge is 0.248 e. The lowest BCUT2D eigenvalue weighted by Crippen LogP contribution is -2.45. The topological polar surface area (TPSA) is 58.4 Å². The minimum Gasteiger partial charge on any atom is -0.324 e. The highest BCUT2D eigenvalue weighted by Crippen LogP contribution is 2.22. The summed E-state index contributed by atoms with van der Waals surface area (Å²) in [5.74, 6) is -0.231. The molecule has 0 heterocycles. The van der Waals surface area contributed by atoms with Crippen molar-refractivity contribution in [3.05, 3.63) is 64.1 Å². The number of hydrogen-bond donors (Lipinski definition) is 2. The van der Waals surface area contributed by atoms with Crippen LogP contribution in [0.25, 0.3) is 0 Å². The first-order chi connectivity index (χ1) is 11.3. The van der Waals surface area contributed by atoms with Crippen LogP contribution in [0.2, 0.25) is 0 Å². The first-order valence-corrected chi connectivity index (χ1v) is 8.68. The predicted molar refractivity (Wildman–Crippen MR) is 103 cm³/mol. The number of likely N-dealkylation sites (N-methyl/N-ethyl adjacent to an activating group) is 1. The standard InChI is InChI=1S/C19H24BrN3O/c1-19(21,15-6-8-16(20)9-7-15)18(24)22-17-10-4-14(5-11-17)12-13-23(2)3/h4-11H,12-13,21H2,1-3H3,(H,22,24). The Morgan fingerprint density at radius 3 is 2.25 bits per heavy atom. The van der Waals surface area contributed by atoms with Crippen molar-refractivity contribution in [2.45, 2.75) is 18.9 Å². The van der Waals surface area contributed by atoms with Gasteiger partial charge in [-0.3, -0.25) is 4.79 Å². The van der Waals surface area contributed by atoms with Gasteiger partial charge in [0.25, 0.3) is 0 Å². The number of rotatable bonds is 6. The zero-order chi connectivity index (χ0) is 17.7. The fourth-order valence-electron chi connectivity index (χ4n) is 2.30. The normalized spacial score (nSPS) is 13.6. The second kappa shape index (κ2) is 7.92. The molecular weight excluding hydrogens is 366 g/mol. The first-order valence-electron chi connectivity index (χ1n) is 7.89. The van der Waals surface area contributed by atoms with Gasteiger partial charge in [-0.2, -0.15) is 0 Å². The molecular formula is C19H24BrN3O. The van der Waals surface area contributed by atoms with Gasteiger partial charge in [-0.15, -0.1) is 0 Å². The minimum absolute atomic E-state index is 0.231. The largest absolute Gasteiger partial charge is 0.324 e. The third-order valence-corrected chi connectivity index (χ3v) is 4.50. The third-order valence-electron chi connectivity index (χ3n) is 3.98. The summed E-state index contributed by atoms with van der Waals surface area (Å²) in [6.07, 6.45) is 0.981. The maximum atomic E-state index is 12.6. The average molecular weight is 390 g/mol. The highest BCUT2D eigenvalue weighted by atomic mass is 79.9. The zero-order valence-electron chi connectivity index (χ0n) is 14.3. The van der Waals surface area contributed by atoms with E-state index in [1.54, 1.807) is 6.92 Å². The van der Waals surface area contributed by atoms with Crippen LogP contribution >= 0.6 is 15.9 Å². The molecule has 128 valence electrons. The summed E-state index contributed by atoms with van der Waals surface area (Å²) in [4.78, 5) is 14.7. The number of halogens is 1. The van der Waals surface area contributed by atoms with E-state index in [2.05, 4.69) is 40.2 Å². The molecule has 0 radical (unpaired) electrons. The highest BCUT2D eigenvalue weighted by Gasteiger charge is 2.30. The van der Waals surface area contributed by atoms with Crippen molar-refractivity contribution in [1.29, 1.82) is 0 Å². The molecule has 0 saturated heterocycles. The molecule has 0 spiro atoms. The van der Waals surface area contributed by atoms with Crippen molar-refractivity contribution in [2.75, 3.05) is 26.0 Å². The van der Waals surface area contributed by atoms with Crippen molar-refractivity contribution in [3.63, 3.8) is 0 Å². The molecule has 1 unspecified atom stereocenters. The second-order valence-corrected chi connectivity index (χ2v) is 7.33. The van der Waals surface area contributed by atoms with Crippen LogP contribution in [0, 0.1) is 0 Å². The fraction of sp³-hybridized carbons (Fsp3) is 0.316. The molecule has 4 nitrogen and oxygen atoms in total. The second-order valence-electron chi connectivity index (χ2n) is 6.41. The lowest BCUT2D eigenvalue weighted by atomic mass is 9.92. The van der Waals surface area contributed by atoms with Gasteiger partial charge in [0.15, 0.2) is 0 Å². The number of carbonyl (C=O) groups excluding carboxylic acids is 1. The van der Waals surface area contributed by atoms with Gasteiger partial charge in [0.1, 0.15) is 5.54 Å². The molecule has 24 heavy (non-hydrogen) atoms. The van der Waals surface area contributed by atoms with Crippen LogP contribution in [0.4, 0.5) is 5.69 Å². The number of nitrogens with zero attached hydrogens (tertiary/aromatic N) is 1. The van der Waals surface area contributed by atoms with Crippen molar-refractivity contribution in [2.24, 2.45) is 5.73 Å². The third kappa shape index (κ3) is 4.90. The summed E-state index contributed by atoms with van der Waals surface area (Å²) in [7, 11) is 4.11. The van der Waals surface area contributed by atoms with Crippen molar-refractivity contribution in [3.8, 4) is 0 Å². The summed E-state index contributed by atoms with van der Waals surface area (Å²) < 4.78 is 0.954. The average Bonchev–Trinajstić information content (AvgIpc) is 2.54. The highest BCUT2D eigenvalue weighted by molar-refractivity contribution is 9.10. The van der Waals surface area contributed by atoms with E-state index in [4.69, 9.17) is 5.73 Å². The number of anilines is 1. The Balaban J connectivity index is 2.04. The van der Waals surface area contributed by atoms with Gasteiger partial charge in [-0.1, -0.05) is 40.2 Å². The van der Waals surface area contributed by atoms with Crippen molar-refractivity contribution < 1.29 is 4.79 Å². The van der Waals surface area contributed by atoms with Gasteiger partial charge in [-0.05, 0) is 62.8 Å². The van der Waals surface area contributed by atoms with Crippen molar-refractivity contribution in [1.82, 2.24) is 4.90 Å². The lowest BCUT2D eigenvalue weighted by Gasteiger charge is -2.24. The van der Waals surface area contributed by atoms with Crippen LogP contribution in [0.1, 0.15) is 18.1 Å². The van der Waals surface area contributed by atoms with Gasteiger partial charge in [0, 0.05) is 16.7 Å². The first kappa shape index (κ1) is 18.6. The van der Waals surface area contributed by atoms with Crippen molar-refractivity contribution >= 4 is 27.5 Å². The Morgan fingerprint density at radius 1 is 1.12 bits per heavy atom. The molecule has 0 aromatic heterocycles. The van der Waals surface area contributed by atoms with Gasteiger partial charge in [0.2, 0.25) is 5.91 Å². The monoisotopic (exact) mass is 389 g/mol. The molecule has 0 aliphatic heterocycles. The molecule has 0 saturated carbocycles. The SMILES string of the molecule is CN(C)CCc1ccc(NC(=O)C(C)(N)c2ccc(Br)cc2)cc1. The Bertz CT molecular complexity index is 679. The van der Waals surface area contributed by atoms with E-state index in [0.717, 1.165) is 28.7 Å². The summed E-state index contributed by atoms with van der Waals surface area (Å²) in [5.41, 5.74) is 7.93. The van der Waals surface area contributed by atoms with E-state index in [-0.39, 0.29) is 5.91 Å². The van der Waals surface area contributed by atoms with Crippen LogP contribution in [0.3, 0.4) is 0 Å². The quantitative estimate of drug-likeness (QED) is 0.795. The number of carbonyl (C=O) groups is 1. The number of amides is 1. The summed E-state index contributed by atoms with van der Waals surface area (Å²) >= 11 is 3.39. The fourth-order valence-corrected chi connectivity index (χ4v) is 2.56. The van der Waals surface area contributed by atoms with Gasteiger partial charge < -0.3 is 16.0 Å². The van der Waals surface area contributed by atoms with Crippen LogP contribution < -0.4 is 11.1 Å². The molecule has 2 aromatic carbocycles. The van der Waals surface area contributed by atoms with E-state index >= 15 is 0 Å². The maximum Gasteiger partial charge on any atom is 0.248 e. The molecule has 1 atom stereocenters. The predicted octanol–water partition coefficient (Wildman–Crippen LogP) is 3.37. The van der Waals surface area contributed by atoms with E-state index < -0.39 is 5.54 Å². The van der Waals surface area contributed by atoms with Gasteiger partial charge in [0.05, 0.1) is 0 Å². The zero-order valence-corrected chi connectivity index (χ0v) is 15.9. The molecule has 0 fully saturated rings. The number of nitrogens with one attached hydrogen (secondary N) is 1. The Morgan fingerprint density at radius 2 is 1.71 bits per heavy atom. The Labute approximate surface area is 152 Å². The van der Waals surface area contributed by atoms with Crippen LogP contribution in [-0.2, 0) is 16.8 Å². The van der Waals surface area contributed by atoms with E-state index in [9.17, 15) is 4.79 Å². The molecule has 0 aliphatic carbocycles. The van der Waals surface area contributed by atoms with Gasteiger partial charge >= 0.3 is 0 Å². The molecule has 0 bridgehead atoms. The van der Waals surface area contributed by atoms with E-state index in [0.29, 0.717) is 0 Å². The Kier molecular flexibility index (Phi) is 6.15. The number of benzene rings is 2. The summed E-state index contributed by atoms with van der Waals surface area (Å²) in [5, 5.41) is 2.90. The van der Waals surface area contributed by atoms with Gasteiger partial charge in [-0.25, -0.2) is 0 Å². The maximum absolute atomic E-state index is 12.6. The van der Waals surface area contributed by atoms with E-state index in [1.807, 2.05) is 48.5 Å². The molecule has 3 N–H and O–H groups in total. The summed E-state index contributed by atoms with van der Waals surface area (Å²) in [6.45, 7) is 2.72. The summed E-state index contributed by atoms with van der Waals surface area (Å²) in [6, 6.07) is 15.4. The molecule has 2 aromatic rings. The molecule has 0 aliphatic rings. The van der Waals surface area contributed by atoms with Crippen LogP contribution in [0.15, 0.2) is 53.0 Å². The lowest BCUT2D eigenvalue weighted by molar-refractivity contribution is -0.120. The van der Waals surface area contributed by atoms with E-state index in [1.165, 1.54) is 5.56 Å². The molecule has 2 rings (SSSR count). The minimum atomic E-state index is -1.09. The molecule has 1 amide bonds. The number of hydrogen-bond acceptors (Lipinski definition) is 3.